The zero-order valence-electron chi connectivity index (χ0n) is 12.0. The summed E-state index contributed by atoms with van der Waals surface area (Å²) in [7, 11) is 0. The Morgan fingerprint density at radius 1 is 1.40 bits per heavy atom. The van der Waals surface area contributed by atoms with Gasteiger partial charge in [-0.25, -0.2) is 0 Å². The Morgan fingerprint density at radius 3 is 2.65 bits per heavy atom. The predicted octanol–water partition coefficient (Wildman–Crippen LogP) is 4.71. The molecule has 0 aliphatic carbocycles. The van der Waals surface area contributed by atoms with Gasteiger partial charge in [-0.2, -0.15) is 0 Å². The number of benzene rings is 1. The van der Waals surface area contributed by atoms with Gasteiger partial charge in [0, 0.05) is 23.5 Å². The van der Waals surface area contributed by atoms with Crippen molar-refractivity contribution in [1.82, 2.24) is 4.90 Å². The van der Waals surface area contributed by atoms with Gasteiger partial charge in [0.05, 0.1) is 0 Å². The normalized spacial score (nSPS) is 11.7. The van der Waals surface area contributed by atoms with Gasteiger partial charge in [0.15, 0.2) is 0 Å². The summed E-state index contributed by atoms with van der Waals surface area (Å²) in [6.45, 7) is 10.2. The Labute approximate surface area is 130 Å². The molecule has 108 valence electrons. The van der Waals surface area contributed by atoms with Crippen LogP contribution in [-0.2, 0) is 11.3 Å². The van der Waals surface area contributed by atoms with E-state index in [1.807, 2.05) is 35.2 Å². The van der Waals surface area contributed by atoms with Gasteiger partial charge in [-0.05, 0) is 24.5 Å². The van der Waals surface area contributed by atoms with Crippen LogP contribution in [0.4, 0.5) is 0 Å². The van der Waals surface area contributed by atoms with E-state index in [2.05, 4.69) is 36.0 Å². The lowest BCUT2D eigenvalue weighted by molar-refractivity contribution is -0.133. The predicted molar refractivity (Wildman–Crippen MR) is 88.4 cm³/mol. The number of carbonyl (C=O) groups is 1. The van der Waals surface area contributed by atoms with E-state index in [9.17, 15) is 4.79 Å². The highest BCUT2D eigenvalue weighted by Crippen LogP contribution is 2.21. The van der Waals surface area contributed by atoms with Crippen LogP contribution in [0.25, 0.3) is 0 Å². The molecule has 0 spiro atoms. The van der Waals surface area contributed by atoms with Crippen molar-refractivity contribution in [3.63, 3.8) is 0 Å². The van der Waals surface area contributed by atoms with Crippen LogP contribution in [-0.4, -0.2) is 16.8 Å². The van der Waals surface area contributed by atoms with Crippen molar-refractivity contribution in [2.24, 2.45) is 0 Å². The first-order valence-electron chi connectivity index (χ1n) is 6.90. The minimum atomic E-state index is 0.0689. The molecule has 3 heteroatoms. The number of rotatable bonds is 8. The summed E-state index contributed by atoms with van der Waals surface area (Å²) in [4.78, 5) is 14.3. The summed E-state index contributed by atoms with van der Waals surface area (Å²) in [5.41, 5.74) is 1.11. The van der Waals surface area contributed by atoms with E-state index in [0.29, 0.717) is 19.4 Å². The fraction of sp³-hybridized carbons (Fsp3) is 0.353. The summed E-state index contributed by atoms with van der Waals surface area (Å²) in [5.74, 6) is 0.146. The molecule has 0 heterocycles. The third-order valence-electron chi connectivity index (χ3n) is 3.27. The molecule has 0 aromatic heterocycles. The van der Waals surface area contributed by atoms with Gasteiger partial charge in [0.25, 0.3) is 0 Å². The molecule has 20 heavy (non-hydrogen) atoms. The lowest BCUT2D eigenvalue weighted by atomic mass is 10.1. The van der Waals surface area contributed by atoms with Crippen LogP contribution in [0.5, 0.6) is 0 Å². The average Bonchev–Trinajstić information content (AvgIpc) is 2.46. The van der Waals surface area contributed by atoms with E-state index in [0.717, 1.165) is 16.5 Å². The van der Waals surface area contributed by atoms with Gasteiger partial charge >= 0.3 is 0 Å². The Kier molecular flexibility index (Phi) is 7.31. The van der Waals surface area contributed by atoms with Crippen LogP contribution < -0.4 is 0 Å². The van der Waals surface area contributed by atoms with Crippen LogP contribution in [0.2, 0.25) is 0 Å². The zero-order chi connectivity index (χ0) is 15.0. The topological polar surface area (TPSA) is 20.3 Å². The van der Waals surface area contributed by atoms with Crippen molar-refractivity contribution in [2.45, 2.75) is 38.8 Å². The smallest absolute Gasteiger partial charge is 0.223 e. The van der Waals surface area contributed by atoms with Gasteiger partial charge < -0.3 is 4.90 Å². The second-order valence-electron chi connectivity index (χ2n) is 4.65. The molecule has 0 aliphatic heterocycles. The van der Waals surface area contributed by atoms with Crippen LogP contribution in [0, 0.1) is 0 Å². The van der Waals surface area contributed by atoms with E-state index in [-0.39, 0.29) is 11.9 Å². The van der Waals surface area contributed by atoms with E-state index >= 15 is 0 Å². The number of amides is 1. The van der Waals surface area contributed by atoms with Gasteiger partial charge in [-0.1, -0.05) is 53.2 Å². The van der Waals surface area contributed by atoms with Gasteiger partial charge in [-0.15, -0.1) is 13.2 Å². The molecule has 0 radical (unpaired) electrons. The Morgan fingerprint density at radius 2 is 2.10 bits per heavy atom. The molecule has 0 fully saturated rings. The van der Waals surface area contributed by atoms with E-state index in [1.54, 1.807) is 6.08 Å². The first-order chi connectivity index (χ1) is 9.63. The molecule has 0 saturated heterocycles. The summed E-state index contributed by atoms with van der Waals surface area (Å²) in [5, 5.41) is 0. The molecule has 0 aliphatic rings. The molecule has 0 unspecified atom stereocenters. The fourth-order valence-electron chi connectivity index (χ4n) is 2.08. The highest BCUT2D eigenvalue weighted by atomic mass is 79.9. The van der Waals surface area contributed by atoms with Crippen molar-refractivity contribution in [3.05, 3.63) is 59.6 Å². The summed E-state index contributed by atoms with van der Waals surface area (Å²) in [6, 6.07) is 8.06. The number of allylic oxidation sites excluding steroid dienone is 1. The third-order valence-corrected chi connectivity index (χ3v) is 4.05. The molecule has 1 atom stereocenters. The summed E-state index contributed by atoms with van der Waals surface area (Å²) >= 11 is 3.54. The lowest BCUT2D eigenvalue weighted by Gasteiger charge is -2.29. The second-order valence-corrected chi connectivity index (χ2v) is 5.51. The van der Waals surface area contributed by atoms with Gasteiger partial charge in [0.1, 0.15) is 0 Å². The van der Waals surface area contributed by atoms with Crippen molar-refractivity contribution < 1.29 is 4.79 Å². The minimum absolute atomic E-state index is 0.0689. The van der Waals surface area contributed by atoms with Gasteiger partial charge in [0.2, 0.25) is 5.91 Å². The average molecular weight is 336 g/mol. The SMILES string of the molecule is C=CCCC(=O)N(Cc1ccccc1Br)[C@H](C=C)CC. The quantitative estimate of drug-likeness (QED) is 0.630. The highest BCUT2D eigenvalue weighted by Gasteiger charge is 2.20. The largest absolute Gasteiger partial charge is 0.332 e. The van der Waals surface area contributed by atoms with Crippen LogP contribution in [0.1, 0.15) is 31.7 Å². The van der Waals surface area contributed by atoms with Crippen molar-refractivity contribution in [1.29, 1.82) is 0 Å². The van der Waals surface area contributed by atoms with E-state index < -0.39 is 0 Å². The third kappa shape index (κ3) is 4.64. The molecule has 1 aromatic rings. The standard InChI is InChI=1S/C17H22BrNO/c1-4-7-12-17(20)19(15(5-2)6-3)13-14-10-8-9-11-16(14)18/h4-5,8-11,15H,1-2,6-7,12-13H2,3H3/t15-/m1/s1. The monoisotopic (exact) mass is 335 g/mol. The number of carbonyl (C=O) groups excluding carboxylic acids is 1. The van der Waals surface area contributed by atoms with Crippen LogP contribution in [0.3, 0.4) is 0 Å². The molecule has 0 bridgehead atoms. The maximum atomic E-state index is 12.4. The first kappa shape index (κ1) is 16.7. The first-order valence-corrected chi connectivity index (χ1v) is 7.69. The molecule has 0 saturated carbocycles. The maximum Gasteiger partial charge on any atom is 0.223 e. The highest BCUT2D eigenvalue weighted by molar-refractivity contribution is 9.10. The molecule has 1 rings (SSSR count). The Bertz CT molecular complexity index is 470. The number of halogens is 1. The second kappa shape index (κ2) is 8.75. The number of hydrogen-bond donors (Lipinski definition) is 0. The number of hydrogen-bond acceptors (Lipinski definition) is 1. The molecule has 2 nitrogen and oxygen atoms in total. The molecular weight excluding hydrogens is 314 g/mol. The molecular formula is C17H22BrNO. The van der Waals surface area contributed by atoms with E-state index in [1.165, 1.54) is 0 Å². The fourth-order valence-corrected chi connectivity index (χ4v) is 2.49. The van der Waals surface area contributed by atoms with E-state index in [4.69, 9.17) is 0 Å². The summed E-state index contributed by atoms with van der Waals surface area (Å²) < 4.78 is 1.03. The van der Waals surface area contributed by atoms with Gasteiger partial charge in [-0.3, -0.25) is 4.79 Å². The Hall–Kier alpha value is -1.35. The zero-order valence-corrected chi connectivity index (χ0v) is 13.6. The van der Waals surface area contributed by atoms with Crippen LogP contribution >= 0.6 is 15.9 Å². The summed E-state index contributed by atoms with van der Waals surface area (Å²) in [6.07, 6.45) is 5.71. The number of nitrogens with zero attached hydrogens (tertiary/aromatic N) is 1. The Balaban J connectivity index is 2.92. The van der Waals surface area contributed by atoms with Crippen molar-refractivity contribution >= 4 is 21.8 Å². The van der Waals surface area contributed by atoms with Crippen molar-refractivity contribution in [3.8, 4) is 0 Å². The minimum Gasteiger partial charge on any atom is -0.332 e. The lowest BCUT2D eigenvalue weighted by Crippen LogP contribution is -2.38. The van der Waals surface area contributed by atoms with Crippen LogP contribution in [0.15, 0.2) is 54.0 Å². The molecule has 1 amide bonds. The molecule has 0 N–H and O–H groups in total. The van der Waals surface area contributed by atoms with Crippen molar-refractivity contribution in [2.75, 3.05) is 0 Å². The molecule has 1 aromatic carbocycles. The maximum absolute atomic E-state index is 12.4.